The minimum atomic E-state index is -1.36. The van der Waals surface area contributed by atoms with Gasteiger partial charge in [0.1, 0.15) is 11.6 Å². The Kier molecular flexibility index (Phi) is 3.85. The maximum atomic E-state index is 13.7. The van der Waals surface area contributed by atoms with Gasteiger partial charge in [0.25, 0.3) is 0 Å². The standard InChI is InChI=1S/C14H10F2O2S/c1-8-3-2-4-10(5-8)19-13-11(15)6-9(14(17)18)7-12(13)16/h2-7H,1H3,(H,17,18). The second-order valence-electron chi connectivity index (χ2n) is 3.99. The van der Waals surface area contributed by atoms with Gasteiger partial charge in [-0.2, -0.15) is 0 Å². The molecule has 98 valence electrons. The van der Waals surface area contributed by atoms with Crippen molar-refractivity contribution in [3.05, 3.63) is 59.2 Å². The van der Waals surface area contributed by atoms with Gasteiger partial charge in [0.05, 0.1) is 10.5 Å². The maximum absolute atomic E-state index is 13.7. The second-order valence-corrected chi connectivity index (χ2v) is 5.08. The van der Waals surface area contributed by atoms with Crippen molar-refractivity contribution in [2.24, 2.45) is 0 Å². The van der Waals surface area contributed by atoms with E-state index in [0.717, 1.165) is 29.5 Å². The lowest BCUT2D eigenvalue weighted by atomic mass is 10.2. The molecule has 2 aromatic carbocycles. The van der Waals surface area contributed by atoms with Crippen LogP contribution in [0.15, 0.2) is 46.2 Å². The minimum absolute atomic E-state index is 0.199. The number of benzene rings is 2. The summed E-state index contributed by atoms with van der Waals surface area (Å²) < 4.78 is 27.5. The van der Waals surface area contributed by atoms with E-state index in [1.165, 1.54) is 0 Å². The third-order valence-corrected chi connectivity index (χ3v) is 3.54. The zero-order valence-corrected chi connectivity index (χ0v) is 10.8. The lowest BCUT2D eigenvalue weighted by molar-refractivity contribution is 0.0695. The maximum Gasteiger partial charge on any atom is 0.335 e. The molecule has 2 aromatic rings. The van der Waals surface area contributed by atoms with Crippen LogP contribution in [0.5, 0.6) is 0 Å². The number of carbonyl (C=O) groups is 1. The van der Waals surface area contributed by atoms with Gasteiger partial charge in [0.2, 0.25) is 0 Å². The van der Waals surface area contributed by atoms with Crippen molar-refractivity contribution in [2.45, 2.75) is 16.7 Å². The zero-order chi connectivity index (χ0) is 14.0. The molecule has 0 aliphatic rings. The van der Waals surface area contributed by atoms with E-state index in [4.69, 9.17) is 5.11 Å². The van der Waals surface area contributed by atoms with Gasteiger partial charge in [-0.15, -0.1) is 0 Å². The topological polar surface area (TPSA) is 37.3 Å². The van der Waals surface area contributed by atoms with E-state index in [1.807, 2.05) is 13.0 Å². The molecule has 0 saturated heterocycles. The molecule has 2 nitrogen and oxygen atoms in total. The normalized spacial score (nSPS) is 10.5. The van der Waals surface area contributed by atoms with Crippen molar-refractivity contribution >= 4 is 17.7 Å². The van der Waals surface area contributed by atoms with Gasteiger partial charge in [-0.05, 0) is 31.2 Å². The second kappa shape index (κ2) is 5.40. The van der Waals surface area contributed by atoms with Gasteiger partial charge < -0.3 is 5.11 Å². The summed E-state index contributed by atoms with van der Waals surface area (Å²) in [5, 5.41) is 8.71. The first-order valence-electron chi connectivity index (χ1n) is 5.44. The van der Waals surface area contributed by atoms with Crippen molar-refractivity contribution in [1.29, 1.82) is 0 Å². The molecule has 0 heterocycles. The van der Waals surface area contributed by atoms with Gasteiger partial charge >= 0.3 is 5.97 Å². The molecule has 0 fully saturated rings. The third-order valence-electron chi connectivity index (χ3n) is 2.45. The lowest BCUT2D eigenvalue weighted by Gasteiger charge is -2.06. The fourth-order valence-electron chi connectivity index (χ4n) is 1.58. The number of rotatable bonds is 3. The van der Waals surface area contributed by atoms with Crippen LogP contribution in [0.2, 0.25) is 0 Å². The molecule has 19 heavy (non-hydrogen) atoms. The Hall–Kier alpha value is -1.88. The smallest absolute Gasteiger partial charge is 0.335 e. The summed E-state index contributed by atoms with van der Waals surface area (Å²) in [6.45, 7) is 1.88. The number of aryl methyl sites for hydroxylation is 1. The molecule has 1 N–H and O–H groups in total. The van der Waals surface area contributed by atoms with Crippen LogP contribution in [0.25, 0.3) is 0 Å². The van der Waals surface area contributed by atoms with Gasteiger partial charge in [0.15, 0.2) is 0 Å². The van der Waals surface area contributed by atoms with Crippen molar-refractivity contribution in [3.63, 3.8) is 0 Å². The molecular formula is C14H10F2O2S. The van der Waals surface area contributed by atoms with Crippen LogP contribution in [-0.2, 0) is 0 Å². The molecule has 0 amide bonds. The average Bonchev–Trinajstić information content (AvgIpc) is 2.33. The highest BCUT2D eigenvalue weighted by Gasteiger charge is 2.15. The highest BCUT2D eigenvalue weighted by Crippen LogP contribution is 2.33. The Morgan fingerprint density at radius 1 is 1.16 bits per heavy atom. The summed E-state index contributed by atoms with van der Waals surface area (Å²) in [4.78, 5) is 11.2. The first kappa shape index (κ1) is 13.5. The van der Waals surface area contributed by atoms with E-state index in [9.17, 15) is 13.6 Å². The predicted molar refractivity (Wildman–Crippen MR) is 68.6 cm³/mol. The van der Waals surface area contributed by atoms with Gasteiger partial charge in [-0.3, -0.25) is 0 Å². The zero-order valence-electron chi connectivity index (χ0n) is 9.98. The average molecular weight is 280 g/mol. The van der Waals surface area contributed by atoms with Crippen molar-refractivity contribution in [1.82, 2.24) is 0 Å². The van der Waals surface area contributed by atoms with Crippen molar-refractivity contribution in [2.75, 3.05) is 0 Å². The number of halogens is 2. The first-order chi connectivity index (χ1) is 8.97. The van der Waals surface area contributed by atoms with Crippen LogP contribution in [-0.4, -0.2) is 11.1 Å². The van der Waals surface area contributed by atoms with Crippen molar-refractivity contribution in [3.8, 4) is 0 Å². The molecule has 0 atom stereocenters. The van der Waals surface area contributed by atoms with E-state index in [1.54, 1.807) is 18.2 Å². The Labute approximate surface area is 113 Å². The lowest BCUT2D eigenvalue weighted by Crippen LogP contribution is -2.00. The van der Waals surface area contributed by atoms with Gasteiger partial charge in [-0.25, -0.2) is 13.6 Å². The fraction of sp³-hybridized carbons (Fsp3) is 0.0714. The summed E-state index contributed by atoms with van der Waals surface area (Å²) in [7, 11) is 0. The van der Waals surface area contributed by atoms with E-state index >= 15 is 0 Å². The van der Waals surface area contributed by atoms with Gasteiger partial charge in [-0.1, -0.05) is 29.5 Å². The largest absolute Gasteiger partial charge is 0.478 e. The molecule has 0 radical (unpaired) electrons. The summed E-state index contributed by atoms with van der Waals surface area (Å²) in [6, 6.07) is 8.85. The Bertz CT molecular complexity index is 618. The molecule has 0 bridgehead atoms. The van der Waals surface area contributed by atoms with Crippen LogP contribution in [0.4, 0.5) is 8.78 Å². The predicted octanol–water partition coefficient (Wildman–Crippen LogP) is 4.12. The summed E-state index contributed by atoms with van der Waals surface area (Å²) in [5.74, 6) is -3.10. The van der Waals surface area contributed by atoms with Crippen LogP contribution in [0, 0.1) is 18.6 Å². The molecule has 0 aliphatic carbocycles. The quantitative estimate of drug-likeness (QED) is 0.918. The monoisotopic (exact) mass is 280 g/mol. The third kappa shape index (κ3) is 3.12. The molecule has 0 saturated carbocycles. The van der Waals surface area contributed by atoms with Crippen molar-refractivity contribution < 1.29 is 18.7 Å². The Balaban J connectivity index is 2.38. The summed E-state index contributed by atoms with van der Waals surface area (Å²) in [6.07, 6.45) is 0. The Morgan fingerprint density at radius 2 is 1.79 bits per heavy atom. The highest BCUT2D eigenvalue weighted by molar-refractivity contribution is 7.99. The number of aromatic carboxylic acids is 1. The molecule has 0 unspecified atom stereocenters. The van der Waals surface area contributed by atoms with E-state index in [-0.39, 0.29) is 4.90 Å². The molecule has 0 aromatic heterocycles. The summed E-state index contributed by atoms with van der Waals surface area (Å²) >= 11 is 0.932. The molecular weight excluding hydrogens is 270 g/mol. The van der Waals surface area contributed by atoms with Gasteiger partial charge in [0, 0.05) is 4.90 Å². The Morgan fingerprint density at radius 3 is 2.32 bits per heavy atom. The minimum Gasteiger partial charge on any atom is -0.478 e. The van der Waals surface area contributed by atoms with E-state index in [0.29, 0.717) is 4.90 Å². The van der Waals surface area contributed by atoms with E-state index < -0.39 is 23.2 Å². The number of hydrogen-bond acceptors (Lipinski definition) is 2. The van der Waals surface area contributed by atoms with Crippen LogP contribution < -0.4 is 0 Å². The van der Waals surface area contributed by atoms with Crippen LogP contribution in [0.1, 0.15) is 15.9 Å². The fourth-order valence-corrected chi connectivity index (χ4v) is 2.52. The molecule has 0 aliphatic heterocycles. The molecule has 2 rings (SSSR count). The molecule has 0 spiro atoms. The van der Waals surface area contributed by atoms with Crippen LogP contribution >= 0.6 is 11.8 Å². The first-order valence-corrected chi connectivity index (χ1v) is 6.26. The number of hydrogen-bond donors (Lipinski definition) is 1. The van der Waals surface area contributed by atoms with E-state index in [2.05, 4.69) is 0 Å². The summed E-state index contributed by atoms with van der Waals surface area (Å²) in [5.41, 5.74) is 0.580. The highest BCUT2D eigenvalue weighted by atomic mass is 32.2. The number of carboxylic acids is 1. The van der Waals surface area contributed by atoms with Crippen LogP contribution in [0.3, 0.4) is 0 Å². The SMILES string of the molecule is Cc1cccc(Sc2c(F)cc(C(=O)O)cc2F)c1. The molecule has 5 heteroatoms. The number of carboxylic acid groups (broad SMARTS) is 1.